The zero-order chi connectivity index (χ0) is 14.5. The van der Waals surface area contributed by atoms with E-state index in [-0.39, 0.29) is 12.6 Å². The van der Waals surface area contributed by atoms with E-state index in [0.717, 1.165) is 5.57 Å². The van der Waals surface area contributed by atoms with Crippen molar-refractivity contribution in [3.05, 3.63) is 47.4 Å². The molecule has 0 N–H and O–H groups in total. The van der Waals surface area contributed by atoms with E-state index in [4.69, 9.17) is 9.15 Å². The number of nitrogens with zero attached hydrogens (tertiary/aromatic N) is 2. The predicted molar refractivity (Wildman–Crippen MR) is 74.2 cm³/mol. The van der Waals surface area contributed by atoms with E-state index in [9.17, 15) is 4.79 Å². The smallest absolute Gasteiger partial charge is 0.338 e. The lowest BCUT2D eigenvalue weighted by Gasteiger charge is -2.03. The first-order chi connectivity index (χ1) is 9.56. The predicted octanol–water partition coefficient (Wildman–Crippen LogP) is 3.17. The summed E-state index contributed by atoms with van der Waals surface area (Å²) in [4.78, 5) is 11.9. The number of ether oxygens (including phenoxy) is 1. The standard InChI is InChI=1S/C15H16N2O3/c1-10(2)7-8-19-15(18)13-6-4-5-12(9-13)14-17-16-11(3)20-14/h4-7,9H,8H2,1-3H3. The van der Waals surface area contributed by atoms with Crippen molar-refractivity contribution in [1.29, 1.82) is 0 Å². The van der Waals surface area contributed by atoms with Crippen LogP contribution in [0.3, 0.4) is 0 Å². The summed E-state index contributed by atoms with van der Waals surface area (Å²) in [5, 5.41) is 7.69. The summed E-state index contributed by atoms with van der Waals surface area (Å²) in [6, 6.07) is 6.93. The second-order valence-corrected chi connectivity index (χ2v) is 4.59. The fourth-order valence-electron chi connectivity index (χ4n) is 1.56. The van der Waals surface area contributed by atoms with Gasteiger partial charge in [0, 0.05) is 12.5 Å². The number of carbonyl (C=O) groups is 1. The second kappa shape index (κ2) is 6.14. The molecule has 5 nitrogen and oxygen atoms in total. The molecule has 104 valence electrons. The topological polar surface area (TPSA) is 65.2 Å². The Bertz CT molecular complexity index is 640. The zero-order valence-corrected chi connectivity index (χ0v) is 11.7. The van der Waals surface area contributed by atoms with Crippen LogP contribution in [0.5, 0.6) is 0 Å². The van der Waals surface area contributed by atoms with Crippen LogP contribution < -0.4 is 0 Å². The fourth-order valence-corrected chi connectivity index (χ4v) is 1.56. The Morgan fingerprint density at radius 2 is 2.15 bits per heavy atom. The molecule has 0 saturated heterocycles. The molecule has 20 heavy (non-hydrogen) atoms. The van der Waals surface area contributed by atoms with Gasteiger partial charge in [0.25, 0.3) is 0 Å². The Labute approximate surface area is 117 Å². The number of rotatable bonds is 4. The van der Waals surface area contributed by atoms with Crippen molar-refractivity contribution in [3.63, 3.8) is 0 Å². The van der Waals surface area contributed by atoms with Crippen molar-refractivity contribution in [2.75, 3.05) is 6.61 Å². The zero-order valence-electron chi connectivity index (χ0n) is 11.7. The molecule has 5 heteroatoms. The largest absolute Gasteiger partial charge is 0.458 e. The van der Waals surface area contributed by atoms with Gasteiger partial charge in [-0.3, -0.25) is 0 Å². The molecule has 1 heterocycles. The van der Waals surface area contributed by atoms with Crippen molar-refractivity contribution < 1.29 is 13.9 Å². The highest BCUT2D eigenvalue weighted by molar-refractivity contribution is 5.90. The molecule has 0 aliphatic carbocycles. The van der Waals surface area contributed by atoms with Gasteiger partial charge in [-0.1, -0.05) is 11.6 Å². The number of allylic oxidation sites excluding steroid dienone is 1. The van der Waals surface area contributed by atoms with Crippen molar-refractivity contribution in [2.45, 2.75) is 20.8 Å². The van der Waals surface area contributed by atoms with Gasteiger partial charge in [0.15, 0.2) is 0 Å². The van der Waals surface area contributed by atoms with E-state index in [1.165, 1.54) is 0 Å². The molecular weight excluding hydrogens is 256 g/mol. The lowest BCUT2D eigenvalue weighted by atomic mass is 10.1. The molecule has 0 aliphatic heterocycles. The van der Waals surface area contributed by atoms with E-state index >= 15 is 0 Å². The highest BCUT2D eigenvalue weighted by atomic mass is 16.5. The third-order valence-electron chi connectivity index (χ3n) is 2.58. The number of carbonyl (C=O) groups excluding carboxylic acids is 1. The monoisotopic (exact) mass is 272 g/mol. The number of aryl methyl sites for hydroxylation is 1. The summed E-state index contributed by atoms with van der Waals surface area (Å²) in [6.07, 6.45) is 1.85. The van der Waals surface area contributed by atoms with Crippen molar-refractivity contribution >= 4 is 5.97 Å². The number of benzene rings is 1. The van der Waals surface area contributed by atoms with Crippen LogP contribution in [0.2, 0.25) is 0 Å². The molecule has 0 aliphatic rings. The summed E-state index contributed by atoms with van der Waals surface area (Å²) < 4.78 is 10.5. The summed E-state index contributed by atoms with van der Waals surface area (Å²) in [5.74, 6) is 0.499. The lowest BCUT2D eigenvalue weighted by Crippen LogP contribution is -2.05. The Morgan fingerprint density at radius 3 is 2.80 bits per heavy atom. The van der Waals surface area contributed by atoms with Crippen LogP contribution in [-0.4, -0.2) is 22.8 Å². The Kier molecular flexibility index (Phi) is 4.30. The van der Waals surface area contributed by atoms with Crippen LogP contribution >= 0.6 is 0 Å². The van der Waals surface area contributed by atoms with Crippen LogP contribution in [0, 0.1) is 6.92 Å². The average molecular weight is 272 g/mol. The van der Waals surface area contributed by atoms with Gasteiger partial charge in [-0.05, 0) is 38.1 Å². The maximum absolute atomic E-state index is 11.9. The molecule has 1 aromatic heterocycles. The molecule has 0 atom stereocenters. The molecular formula is C15H16N2O3. The molecule has 1 aromatic carbocycles. The fraction of sp³-hybridized carbons (Fsp3) is 0.267. The minimum atomic E-state index is -0.374. The Hall–Kier alpha value is -2.43. The highest BCUT2D eigenvalue weighted by Gasteiger charge is 2.11. The van der Waals surface area contributed by atoms with E-state index in [1.807, 2.05) is 19.9 Å². The third kappa shape index (κ3) is 3.54. The number of esters is 1. The van der Waals surface area contributed by atoms with Gasteiger partial charge in [-0.2, -0.15) is 0 Å². The highest BCUT2D eigenvalue weighted by Crippen LogP contribution is 2.19. The molecule has 0 unspecified atom stereocenters. The first kappa shape index (κ1) is 14.0. The first-order valence-electron chi connectivity index (χ1n) is 6.27. The summed E-state index contributed by atoms with van der Waals surface area (Å²) in [5.41, 5.74) is 2.26. The summed E-state index contributed by atoms with van der Waals surface area (Å²) in [6.45, 7) is 5.89. The normalized spacial score (nSPS) is 10.2. The summed E-state index contributed by atoms with van der Waals surface area (Å²) in [7, 11) is 0. The molecule has 0 spiro atoms. The van der Waals surface area contributed by atoms with Gasteiger partial charge >= 0.3 is 5.97 Å². The van der Waals surface area contributed by atoms with E-state index < -0.39 is 0 Å². The van der Waals surface area contributed by atoms with Gasteiger partial charge in [-0.15, -0.1) is 10.2 Å². The average Bonchev–Trinajstić information content (AvgIpc) is 2.85. The molecule has 0 fully saturated rings. The van der Waals surface area contributed by atoms with Crippen LogP contribution in [0.25, 0.3) is 11.5 Å². The number of hydrogen-bond donors (Lipinski definition) is 0. The first-order valence-corrected chi connectivity index (χ1v) is 6.27. The van der Waals surface area contributed by atoms with Gasteiger partial charge < -0.3 is 9.15 Å². The van der Waals surface area contributed by atoms with Crippen LogP contribution in [-0.2, 0) is 4.74 Å². The van der Waals surface area contributed by atoms with Crippen molar-refractivity contribution in [3.8, 4) is 11.5 Å². The minimum absolute atomic E-state index is 0.269. The van der Waals surface area contributed by atoms with Gasteiger partial charge in [0.1, 0.15) is 6.61 Å². The van der Waals surface area contributed by atoms with Crippen LogP contribution in [0.4, 0.5) is 0 Å². The molecule has 0 saturated carbocycles. The number of aromatic nitrogens is 2. The molecule has 0 bridgehead atoms. The quantitative estimate of drug-likeness (QED) is 0.631. The molecule has 0 radical (unpaired) electrons. The van der Waals surface area contributed by atoms with E-state index in [2.05, 4.69) is 10.2 Å². The Morgan fingerprint density at radius 1 is 1.35 bits per heavy atom. The second-order valence-electron chi connectivity index (χ2n) is 4.59. The lowest BCUT2D eigenvalue weighted by molar-refractivity contribution is 0.0549. The molecule has 2 rings (SSSR count). The van der Waals surface area contributed by atoms with E-state index in [0.29, 0.717) is 22.9 Å². The minimum Gasteiger partial charge on any atom is -0.458 e. The Balaban J connectivity index is 2.13. The van der Waals surface area contributed by atoms with Crippen LogP contribution in [0.1, 0.15) is 30.1 Å². The van der Waals surface area contributed by atoms with Crippen molar-refractivity contribution in [2.24, 2.45) is 0 Å². The summed E-state index contributed by atoms with van der Waals surface area (Å²) >= 11 is 0. The van der Waals surface area contributed by atoms with Crippen LogP contribution in [0.15, 0.2) is 40.3 Å². The maximum atomic E-state index is 11.9. The van der Waals surface area contributed by atoms with Gasteiger partial charge in [0.05, 0.1) is 5.56 Å². The van der Waals surface area contributed by atoms with Gasteiger partial charge in [0.2, 0.25) is 11.8 Å². The molecule has 0 amide bonds. The molecule has 2 aromatic rings. The SMILES string of the molecule is CC(C)=CCOC(=O)c1cccc(-c2nnc(C)o2)c1. The van der Waals surface area contributed by atoms with E-state index in [1.54, 1.807) is 31.2 Å². The maximum Gasteiger partial charge on any atom is 0.338 e. The third-order valence-corrected chi connectivity index (χ3v) is 2.58. The number of hydrogen-bond acceptors (Lipinski definition) is 5. The van der Waals surface area contributed by atoms with Crippen molar-refractivity contribution in [1.82, 2.24) is 10.2 Å². The van der Waals surface area contributed by atoms with Gasteiger partial charge in [-0.25, -0.2) is 4.79 Å².